The molecule has 1 fully saturated rings. The topological polar surface area (TPSA) is 69.6 Å². The normalized spacial score (nSPS) is 22.7. The van der Waals surface area contributed by atoms with Crippen LogP contribution in [0.4, 0.5) is 18.0 Å². The fourth-order valence-electron chi connectivity index (χ4n) is 2.34. The number of carboxylic acids is 1. The summed E-state index contributed by atoms with van der Waals surface area (Å²) in [5, 5.41) is 11.5. The standard InChI is InChI=1S/C12H19F3N2O3S/c1-21-9-4-2-3-8(5-9)16-11(20)17(6-10(18)19)7-12(13,14)15/h8-9H,2-7H2,1H3,(H,16,20)(H,18,19). The van der Waals surface area contributed by atoms with Gasteiger partial charge in [-0.05, 0) is 25.5 Å². The molecule has 0 spiro atoms. The first kappa shape index (κ1) is 17.9. The first-order valence-electron chi connectivity index (χ1n) is 6.58. The van der Waals surface area contributed by atoms with Gasteiger partial charge in [-0.3, -0.25) is 4.79 Å². The van der Waals surface area contributed by atoms with Crippen molar-refractivity contribution >= 4 is 23.8 Å². The summed E-state index contributed by atoms with van der Waals surface area (Å²) in [4.78, 5) is 22.7. The largest absolute Gasteiger partial charge is 0.480 e. The van der Waals surface area contributed by atoms with Crippen molar-refractivity contribution in [2.24, 2.45) is 0 Å². The van der Waals surface area contributed by atoms with Crippen LogP contribution < -0.4 is 5.32 Å². The number of thioether (sulfide) groups is 1. The molecule has 2 atom stereocenters. The lowest BCUT2D eigenvalue weighted by molar-refractivity contribution is -0.149. The number of nitrogens with zero attached hydrogens (tertiary/aromatic N) is 1. The van der Waals surface area contributed by atoms with Crippen molar-refractivity contribution in [3.8, 4) is 0 Å². The molecule has 2 N–H and O–H groups in total. The Hall–Kier alpha value is -1.12. The highest BCUT2D eigenvalue weighted by molar-refractivity contribution is 7.99. The van der Waals surface area contributed by atoms with Crippen molar-refractivity contribution in [2.75, 3.05) is 19.3 Å². The Morgan fingerprint density at radius 1 is 1.38 bits per heavy atom. The first-order valence-corrected chi connectivity index (χ1v) is 7.87. The van der Waals surface area contributed by atoms with Crippen LogP contribution in [0.3, 0.4) is 0 Å². The number of hydrogen-bond acceptors (Lipinski definition) is 3. The van der Waals surface area contributed by atoms with E-state index < -0.39 is 31.3 Å². The monoisotopic (exact) mass is 328 g/mol. The molecule has 122 valence electrons. The predicted octanol–water partition coefficient (Wildman–Crippen LogP) is 2.32. The number of carboxylic acid groups (broad SMARTS) is 1. The van der Waals surface area contributed by atoms with Crippen LogP contribution in [0.2, 0.25) is 0 Å². The number of nitrogens with one attached hydrogen (secondary N) is 1. The highest BCUT2D eigenvalue weighted by atomic mass is 32.2. The summed E-state index contributed by atoms with van der Waals surface area (Å²) >= 11 is 1.67. The molecule has 9 heteroatoms. The van der Waals surface area contributed by atoms with Gasteiger partial charge >= 0.3 is 18.2 Å². The van der Waals surface area contributed by atoms with Crippen molar-refractivity contribution < 1.29 is 27.9 Å². The van der Waals surface area contributed by atoms with Gasteiger partial charge in [0.1, 0.15) is 13.1 Å². The lowest BCUT2D eigenvalue weighted by Gasteiger charge is -2.31. The summed E-state index contributed by atoms with van der Waals surface area (Å²) in [6.45, 7) is -2.53. The molecule has 0 heterocycles. The van der Waals surface area contributed by atoms with E-state index in [0.717, 1.165) is 12.8 Å². The molecule has 2 unspecified atom stereocenters. The van der Waals surface area contributed by atoms with Crippen molar-refractivity contribution in [3.63, 3.8) is 0 Å². The second kappa shape index (κ2) is 7.77. The Morgan fingerprint density at radius 2 is 2.05 bits per heavy atom. The molecular formula is C12H19F3N2O3S. The number of carbonyl (C=O) groups excluding carboxylic acids is 1. The fourth-order valence-corrected chi connectivity index (χ4v) is 3.16. The molecule has 0 aromatic rings. The van der Waals surface area contributed by atoms with Gasteiger partial charge in [-0.15, -0.1) is 0 Å². The molecule has 1 aliphatic carbocycles. The number of rotatable bonds is 5. The van der Waals surface area contributed by atoms with Gasteiger partial charge in [0.2, 0.25) is 0 Å². The fraction of sp³-hybridized carbons (Fsp3) is 0.833. The number of halogens is 3. The van der Waals surface area contributed by atoms with Gasteiger partial charge in [0.05, 0.1) is 0 Å². The Labute approximate surface area is 125 Å². The van der Waals surface area contributed by atoms with Crippen LogP contribution in [0.5, 0.6) is 0 Å². The molecule has 0 aromatic carbocycles. The summed E-state index contributed by atoms with van der Waals surface area (Å²) in [6.07, 6.45) is 0.648. The van der Waals surface area contributed by atoms with E-state index in [-0.39, 0.29) is 10.9 Å². The molecule has 1 rings (SSSR count). The van der Waals surface area contributed by atoms with E-state index in [1.165, 1.54) is 0 Å². The third-order valence-electron chi connectivity index (χ3n) is 3.27. The van der Waals surface area contributed by atoms with Crippen LogP contribution in [0.15, 0.2) is 0 Å². The highest BCUT2D eigenvalue weighted by Gasteiger charge is 2.35. The maximum atomic E-state index is 12.4. The van der Waals surface area contributed by atoms with Crippen LogP contribution in [-0.4, -0.2) is 58.8 Å². The quantitative estimate of drug-likeness (QED) is 0.813. The van der Waals surface area contributed by atoms with E-state index in [9.17, 15) is 22.8 Å². The van der Waals surface area contributed by atoms with Gasteiger partial charge < -0.3 is 15.3 Å². The summed E-state index contributed by atoms with van der Waals surface area (Å²) in [7, 11) is 0. The second-order valence-electron chi connectivity index (χ2n) is 5.04. The molecule has 1 saturated carbocycles. The van der Waals surface area contributed by atoms with Gasteiger partial charge in [-0.2, -0.15) is 24.9 Å². The number of urea groups is 1. The zero-order chi connectivity index (χ0) is 16.0. The smallest absolute Gasteiger partial charge is 0.406 e. The highest BCUT2D eigenvalue weighted by Crippen LogP contribution is 2.27. The van der Waals surface area contributed by atoms with Crippen molar-refractivity contribution in [2.45, 2.75) is 43.2 Å². The van der Waals surface area contributed by atoms with Gasteiger partial charge in [0.25, 0.3) is 0 Å². The third-order valence-corrected chi connectivity index (χ3v) is 4.37. The Bertz CT molecular complexity index is 379. The van der Waals surface area contributed by atoms with Crippen molar-refractivity contribution in [1.82, 2.24) is 10.2 Å². The van der Waals surface area contributed by atoms with Gasteiger partial charge in [0.15, 0.2) is 0 Å². The maximum absolute atomic E-state index is 12.4. The molecule has 0 saturated heterocycles. The van der Waals surface area contributed by atoms with Gasteiger partial charge in [-0.1, -0.05) is 6.42 Å². The lowest BCUT2D eigenvalue weighted by Crippen LogP contribution is -2.50. The molecular weight excluding hydrogens is 309 g/mol. The predicted molar refractivity (Wildman–Crippen MR) is 73.4 cm³/mol. The van der Waals surface area contributed by atoms with Crippen molar-refractivity contribution in [3.05, 3.63) is 0 Å². The average Bonchev–Trinajstić information content (AvgIpc) is 2.36. The second-order valence-corrected chi connectivity index (χ2v) is 6.17. The summed E-state index contributed by atoms with van der Waals surface area (Å²) < 4.78 is 37.2. The number of alkyl halides is 3. The molecule has 0 radical (unpaired) electrons. The first-order chi connectivity index (χ1) is 9.71. The van der Waals surface area contributed by atoms with Crippen LogP contribution >= 0.6 is 11.8 Å². The zero-order valence-corrected chi connectivity index (χ0v) is 12.5. The number of hydrogen-bond donors (Lipinski definition) is 2. The van der Waals surface area contributed by atoms with Crippen LogP contribution in [0.25, 0.3) is 0 Å². The van der Waals surface area contributed by atoms with E-state index in [2.05, 4.69) is 5.32 Å². The van der Waals surface area contributed by atoms with E-state index >= 15 is 0 Å². The Morgan fingerprint density at radius 3 is 2.57 bits per heavy atom. The number of carbonyl (C=O) groups is 2. The summed E-state index contributed by atoms with van der Waals surface area (Å²) in [5.41, 5.74) is 0. The minimum atomic E-state index is -4.62. The van der Waals surface area contributed by atoms with Crippen LogP contribution in [0.1, 0.15) is 25.7 Å². The molecule has 0 aliphatic heterocycles. The molecule has 0 bridgehead atoms. The van der Waals surface area contributed by atoms with E-state index in [1.54, 1.807) is 11.8 Å². The van der Waals surface area contributed by atoms with Gasteiger partial charge in [0, 0.05) is 11.3 Å². The summed E-state index contributed by atoms with van der Waals surface area (Å²) in [5.74, 6) is -1.47. The number of amides is 2. The minimum Gasteiger partial charge on any atom is -0.480 e. The molecule has 1 aliphatic rings. The number of aliphatic carboxylic acids is 1. The minimum absolute atomic E-state index is 0.201. The Kier molecular flexibility index (Phi) is 6.63. The van der Waals surface area contributed by atoms with Crippen LogP contribution in [-0.2, 0) is 4.79 Å². The summed E-state index contributed by atoms with van der Waals surface area (Å²) in [6, 6.07) is -1.17. The van der Waals surface area contributed by atoms with E-state index in [0.29, 0.717) is 18.1 Å². The maximum Gasteiger partial charge on any atom is 0.406 e. The molecule has 5 nitrogen and oxygen atoms in total. The average molecular weight is 328 g/mol. The third kappa shape index (κ3) is 6.92. The molecule has 2 amide bonds. The van der Waals surface area contributed by atoms with Crippen LogP contribution in [0, 0.1) is 0 Å². The zero-order valence-electron chi connectivity index (χ0n) is 11.7. The molecule has 0 aromatic heterocycles. The van der Waals surface area contributed by atoms with E-state index in [1.807, 2.05) is 6.26 Å². The molecule has 21 heavy (non-hydrogen) atoms. The van der Waals surface area contributed by atoms with Crippen molar-refractivity contribution in [1.29, 1.82) is 0 Å². The van der Waals surface area contributed by atoms with Gasteiger partial charge in [-0.25, -0.2) is 4.79 Å². The lowest BCUT2D eigenvalue weighted by atomic mass is 9.95. The van der Waals surface area contributed by atoms with E-state index in [4.69, 9.17) is 5.11 Å². The Balaban J connectivity index is 2.60. The SMILES string of the molecule is CSC1CCCC(NC(=O)N(CC(=O)O)CC(F)(F)F)C1.